The van der Waals surface area contributed by atoms with E-state index in [1.54, 1.807) is 24.9 Å². The molecule has 2 atom stereocenters. The molecule has 21 heavy (non-hydrogen) atoms. The average Bonchev–Trinajstić information content (AvgIpc) is 2.48. The van der Waals surface area contributed by atoms with Crippen LogP contribution < -0.4 is 10.5 Å². The van der Waals surface area contributed by atoms with Crippen LogP contribution in [0.4, 0.5) is 0 Å². The van der Waals surface area contributed by atoms with Crippen molar-refractivity contribution >= 4 is 35.0 Å². The Kier molecular flexibility index (Phi) is 5.82. The van der Waals surface area contributed by atoms with E-state index in [9.17, 15) is 0 Å². The van der Waals surface area contributed by atoms with Crippen LogP contribution in [-0.4, -0.2) is 13.2 Å². The Hall–Kier alpha value is -0.870. The first kappa shape index (κ1) is 16.5. The minimum Gasteiger partial charge on any atom is -0.496 e. The van der Waals surface area contributed by atoms with Gasteiger partial charge in [-0.05, 0) is 31.2 Å². The molecule has 2 aromatic rings. The number of rotatable bonds is 5. The molecule has 2 unspecified atom stereocenters. The van der Waals surface area contributed by atoms with Crippen LogP contribution in [-0.2, 0) is 0 Å². The zero-order chi connectivity index (χ0) is 15.4. The molecule has 0 saturated heterocycles. The highest BCUT2D eigenvalue weighted by molar-refractivity contribution is 7.99. The third-order valence-corrected chi connectivity index (χ3v) is 5.28. The van der Waals surface area contributed by atoms with E-state index < -0.39 is 0 Å². The van der Waals surface area contributed by atoms with E-state index in [4.69, 9.17) is 33.7 Å². The number of methoxy groups -OCH3 is 1. The molecule has 0 aromatic heterocycles. The summed E-state index contributed by atoms with van der Waals surface area (Å²) in [6.45, 7) is 1.99. The lowest BCUT2D eigenvalue weighted by molar-refractivity contribution is 0.408. The maximum Gasteiger partial charge on any atom is 0.123 e. The van der Waals surface area contributed by atoms with Gasteiger partial charge in [0.15, 0.2) is 0 Å². The predicted octanol–water partition coefficient (Wildman–Crippen LogP) is 5.18. The van der Waals surface area contributed by atoms with Gasteiger partial charge in [-0.3, -0.25) is 0 Å². The second-order valence-electron chi connectivity index (χ2n) is 4.72. The molecule has 2 N–H and O–H groups in total. The van der Waals surface area contributed by atoms with E-state index in [1.165, 1.54) is 0 Å². The van der Waals surface area contributed by atoms with Gasteiger partial charge >= 0.3 is 0 Å². The van der Waals surface area contributed by atoms with E-state index in [0.29, 0.717) is 10.0 Å². The number of hydrogen-bond donors (Lipinski definition) is 1. The molecule has 0 fully saturated rings. The smallest absolute Gasteiger partial charge is 0.123 e. The van der Waals surface area contributed by atoms with Crippen molar-refractivity contribution < 1.29 is 4.74 Å². The lowest BCUT2D eigenvalue weighted by Gasteiger charge is -2.23. The normalized spacial score (nSPS) is 13.8. The van der Waals surface area contributed by atoms with Crippen LogP contribution >= 0.6 is 35.0 Å². The SMILES string of the molecule is COc1ccccc1C(Sc1ccc(Cl)c(Cl)c1)C(C)N. The first-order valence-electron chi connectivity index (χ1n) is 6.53. The molecule has 0 heterocycles. The van der Waals surface area contributed by atoms with E-state index in [-0.39, 0.29) is 11.3 Å². The first-order chi connectivity index (χ1) is 10.0. The highest BCUT2D eigenvalue weighted by Crippen LogP contribution is 2.42. The summed E-state index contributed by atoms with van der Waals surface area (Å²) in [5, 5.41) is 1.17. The molecule has 5 heteroatoms. The van der Waals surface area contributed by atoms with Gasteiger partial charge in [-0.25, -0.2) is 0 Å². The van der Waals surface area contributed by atoms with Crippen molar-refractivity contribution in [1.82, 2.24) is 0 Å². The van der Waals surface area contributed by atoms with Crippen molar-refractivity contribution in [3.8, 4) is 5.75 Å². The molecular formula is C16H17Cl2NOS. The molecule has 0 amide bonds. The number of hydrogen-bond acceptors (Lipinski definition) is 3. The summed E-state index contributed by atoms with van der Waals surface area (Å²) < 4.78 is 5.44. The van der Waals surface area contributed by atoms with Crippen molar-refractivity contribution in [2.45, 2.75) is 23.1 Å². The number of ether oxygens (including phenoxy) is 1. The van der Waals surface area contributed by atoms with Crippen molar-refractivity contribution in [2.24, 2.45) is 5.73 Å². The Morgan fingerprint density at radius 1 is 1.10 bits per heavy atom. The molecule has 2 aromatic carbocycles. The zero-order valence-electron chi connectivity index (χ0n) is 11.8. The summed E-state index contributed by atoms with van der Waals surface area (Å²) in [4.78, 5) is 1.03. The van der Waals surface area contributed by atoms with Crippen LogP contribution in [0.15, 0.2) is 47.4 Å². The molecule has 2 nitrogen and oxygen atoms in total. The summed E-state index contributed by atoms with van der Waals surface area (Å²) >= 11 is 13.7. The second kappa shape index (κ2) is 7.41. The summed E-state index contributed by atoms with van der Waals surface area (Å²) in [6.07, 6.45) is 0. The standard InChI is InChI=1S/C16H17Cl2NOS/c1-10(19)16(12-5-3-4-6-15(12)20-2)21-11-7-8-13(17)14(18)9-11/h3-10,16H,19H2,1-2H3. The van der Waals surface area contributed by atoms with Gasteiger partial charge in [-0.1, -0.05) is 41.4 Å². The van der Waals surface area contributed by atoms with Gasteiger partial charge in [0.05, 0.1) is 22.4 Å². The van der Waals surface area contributed by atoms with Gasteiger partial charge in [0.25, 0.3) is 0 Å². The second-order valence-corrected chi connectivity index (χ2v) is 6.74. The van der Waals surface area contributed by atoms with Gasteiger partial charge in [0.2, 0.25) is 0 Å². The van der Waals surface area contributed by atoms with Gasteiger partial charge in [0.1, 0.15) is 5.75 Å². The van der Waals surface area contributed by atoms with Crippen LogP contribution in [0.2, 0.25) is 10.0 Å². The minimum atomic E-state index is -0.0410. The number of nitrogens with two attached hydrogens (primary N) is 1. The number of para-hydroxylation sites is 1. The third-order valence-electron chi connectivity index (χ3n) is 3.08. The van der Waals surface area contributed by atoms with Crippen LogP contribution in [0.5, 0.6) is 5.75 Å². The fraction of sp³-hybridized carbons (Fsp3) is 0.250. The summed E-state index contributed by atoms with van der Waals surface area (Å²) in [5.41, 5.74) is 7.25. The summed E-state index contributed by atoms with van der Waals surface area (Å²) in [5.74, 6) is 0.840. The number of halogens is 2. The van der Waals surface area contributed by atoms with Crippen molar-refractivity contribution in [1.29, 1.82) is 0 Å². The van der Waals surface area contributed by atoms with Crippen molar-refractivity contribution in [2.75, 3.05) is 7.11 Å². The van der Waals surface area contributed by atoms with Gasteiger partial charge in [0, 0.05) is 16.5 Å². The Morgan fingerprint density at radius 3 is 2.43 bits per heavy atom. The van der Waals surface area contributed by atoms with Crippen molar-refractivity contribution in [3.05, 3.63) is 58.1 Å². The Labute approximate surface area is 139 Å². The highest BCUT2D eigenvalue weighted by atomic mass is 35.5. The summed E-state index contributed by atoms with van der Waals surface area (Å²) in [6, 6.07) is 13.5. The highest BCUT2D eigenvalue weighted by Gasteiger charge is 2.21. The maximum absolute atomic E-state index is 6.17. The Bertz CT molecular complexity index is 619. The van der Waals surface area contributed by atoms with Crippen molar-refractivity contribution in [3.63, 3.8) is 0 Å². The Balaban J connectivity index is 2.33. The molecule has 0 radical (unpaired) electrons. The molecule has 0 saturated carbocycles. The predicted molar refractivity (Wildman–Crippen MR) is 91.7 cm³/mol. The topological polar surface area (TPSA) is 35.2 Å². The van der Waals surface area contributed by atoms with Crippen LogP contribution in [0.25, 0.3) is 0 Å². The zero-order valence-corrected chi connectivity index (χ0v) is 14.2. The molecule has 2 rings (SSSR count). The van der Waals surface area contributed by atoms with Crippen LogP contribution in [0.3, 0.4) is 0 Å². The molecule has 0 aliphatic carbocycles. The van der Waals surface area contributed by atoms with Gasteiger partial charge in [-0.2, -0.15) is 0 Å². The minimum absolute atomic E-state index is 0.0410. The fourth-order valence-electron chi connectivity index (χ4n) is 2.05. The molecule has 0 bridgehead atoms. The lowest BCUT2D eigenvalue weighted by atomic mass is 10.1. The average molecular weight is 342 g/mol. The largest absolute Gasteiger partial charge is 0.496 e. The fourth-order valence-corrected chi connectivity index (χ4v) is 3.58. The Morgan fingerprint density at radius 2 is 1.81 bits per heavy atom. The van der Waals surface area contributed by atoms with E-state index in [1.807, 2.05) is 43.3 Å². The van der Waals surface area contributed by atoms with E-state index in [0.717, 1.165) is 16.2 Å². The molecule has 112 valence electrons. The first-order valence-corrected chi connectivity index (χ1v) is 8.16. The quantitative estimate of drug-likeness (QED) is 0.760. The number of thioether (sulfide) groups is 1. The monoisotopic (exact) mass is 341 g/mol. The third kappa shape index (κ3) is 4.07. The van der Waals surface area contributed by atoms with Crippen LogP contribution in [0, 0.1) is 0 Å². The molecular weight excluding hydrogens is 325 g/mol. The molecule has 0 aliphatic rings. The van der Waals surface area contributed by atoms with Crippen LogP contribution in [0.1, 0.15) is 17.7 Å². The molecule has 0 spiro atoms. The number of benzene rings is 2. The van der Waals surface area contributed by atoms with E-state index >= 15 is 0 Å². The maximum atomic E-state index is 6.17. The summed E-state index contributed by atoms with van der Waals surface area (Å²) in [7, 11) is 1.67. The van der Waals surface area contributed by atoms with Gasteiger partial charge in [-0.15, -0.1) is 11.8 Å². The molecule has 0 aliphatic heterocycles. The van der Waals surface area contributed by atoms with E-state index in [2.05, 4.69) is 0 Å². The lowest BCUT2D eigenvalue weighted by Crippen LogP contribution is -2.23. The van der Waals surface area contributed by atoms with Gasteiger partial charge < -0.3 is 10.5 Å².